The number of aliphatic hydroxyl groups excluding tert-OH is 1. The number of fused-ring (bicyclic) bond motifs is 1. The second-order valence-corrected chi connectivity index (χ2v) is 7.30. The minimum absolute atomic E-state index is 0.0974. The molecule has 4 aromatic rings. The maximum atomic E-state index is 12.7. The Labute approximate surface area is 180 Å². The fourth-order valence-corrected chi connectivity index (χ4v) is 3.37. The minimum atomic E-state index is -1.09. The first-order valence-corrected chi connectivity index (χ1v) is 9.57. The molecular weight excluding hydrogens is 424 g/mol. The Hall–Kier alpha value is -3.75. The van der Waals surface area contributed by atoms with Crippen molar-refractivity contribution in [2.24, 2.45) is 0 Å². The third-order valence-electron chi connectivity index (χ3n) is 4.88. The fraction of sp³-hybridized carbons (Fsp3) is 0.0909. The summed E-state index contributed by atoms with van der Waals surface area (Å²) in [7, 11) is 0. The molecule has 0 aliphatic carbocycles. The number of aliphatic hydroxyl groups is 1. The molecule has 0 aliphatic heterocycles. The van der Waals surface area contributed by atoms with E-state index in [2.05, 4.69) is 0 Å². The lowest BCUT2D eigenvalue weighted by molar-refractivity contribution is -0.384. The van der Waals surface area contributed by atoms with Crippen molar-refractivity contribution in [3.05, 3.63) is 109 Å². The summed E-state index contributed by atoms with van der Waals surface area (Å²) in [6.45, 7) is -0.117. The van der Waals surface area contributed by atoms with E-state index in [4.69, 9.17) is 16.0 Å². The lowest BCUT2D eigenvalue weighted by Gasteiger charge is -2.11. The van der Waals surface area contributed by atoms with Crippen molar-refractivity contribution in [2.75, 3.05) is 0 Å². The Bertz CT molecular complexity index is 1340. The van der Waals surface area contributed by atoms with Crippen LogP contribution in [0.2, 0.25) is 5.02 Å². The molecule has 0 amide bonds. The van der Waals surface area contributed by atoms with Crippen molar-refractivity contribution in [3.8, 4) is 0 Å². The number of oxazole rings is 1. The van der Waals surface area contributed by atoms with Crippen molar-refractivity contribution in [1.82, 2.24) is 4.57 Å². The molecule has 1 unspecified atom stereocenters. The lowest BCUT2D eigenvalue weighted by Crippen LogP contribution is -2.19. The molecule has 1 N–H and O–H groups in total. The molecule has 9 heteroatoms. The van der Waals surface area contributed by atoms with Crippen LogP contribution in [0.1, 0.15) is 27.6 Å². The number of rotatable bonds is 6. The van der Waals surface area contributed by atoms with E-state index in [0.717, 1.165) is 0 Å². The molecule has 0 saturated heterocycles. The summed E-state index contributed by atoms with van der Waals surface area (Å²) >= 11 is 5.85. The Kier molecular flexibility index (Phi) is 5.41. The van der Waals surface area contributed by atoms with E-state index in [1.807, 2.05) is 0 Å². The standard InChI is InChI=1S/C22H15ClN2O6/c23-16-6-1-14(2-7-16)21(27)15-5-10-18-20(11-15)31-22(28)24(18)12-19(26)13-3-8-17(9-4-13)25(29)30/h1-11,19,26H,12H2. The quantitative estimate of drug-likeness (QED) is 0.275. The maximum Gasteiger partial charge on any atom is 0.420 e. The van der Waals surface area contributed by atoms with Gasteiger partial charge in [-0.3, -0.25) is 19.5 Å². The van der Waals surface area contributed by atoms with Gasteiger partial charge >= 0.3 is 5.76 Å². The van der Waals surface area contributed by atoms with Crippen LogP contribution < -0.4 is 5.76 Å². The van der Waals surface area contributed by atoms with Crippen molar-refractivity contribution < 1.29 is 19.2 Å². The van der Waals surface area contributed by atoms with Gasteiger partial charge in [-0.1, -0.05) is 11.6 Å². The van der Waals surface area contributed by atoms with E-state index < -0.39 is 16.8 Å². The number of carbonyl (C=O) groups is 1. The van der Waals surface area contributed by atoms with Crippen LogP contribution in [0.3, 0.4) is 0 Å². The molecule has 0 aliphatic rings. The number of carbonyl (C=O) groups excluding carboxylic acids is 1. The van der Waals surface area contributed by atoms with Crippen molar-refractivity contribution >= 4 is 34.2 Å². The van der Waals surface area contributed by atoms with Crippen molar-refractivity contribution in [1.29, 1.82) is 0 Å². The molecule has 0 spiro atoms. The van der Waals surface area contributed by atoms with Crippen LogP contribution in [-0.4, -0.2) is 20.4 Å². The largest absolute Gasteiger partial charge is 0.420 e. The highest BCUT2D eigenvalue weighted by Crippen LogP contribution is 2.23. The Balaban J connectivity index is 1.61. The van der Waals surface area contributed by atoms with Crippen LogP contribution >= 0.6 is 11.6 Å². The van der Waals surface area contributed by atoms with Gasteiger partial charge in [0.05, 0.1) is 23.1 Å². The number of aromatic nitrogens is 1. The molecule has 0 bridgehead atoms. The zero-order valence-electron chi connectivity index (χ0n) is 15.9. The van der Waals surface area contributed by atoms with Gasteiger partial charge in [0.2, 0.25) is 0 Å². The topological polar surface area (TPSA) is 116 Å². The summed E-state index contributed by atoms with van der Waals surface area (Å²) < 4.78 is 6.51. The maximum absolute atomic E-state index is 12.7. The number of nitro benzene ring substituents is 1. The van der Waals surface area contributed by atoms with Crippen LogP contribution in [0.15, 0.2) is 75.9 Å². The number of hydrogen-bond acceptors (Lipinski definition) is 6. The Morgan fingerprint density at radius 2 is 1.71 bits per heavy atom. The average Bonchev–Trinajstić information content (AvgIpc) is 3.08. The molecule has 31 heavy (non-hydrogen) atoms. The van der Waals surface area contributed by atoms with Gasteiger partial charge in [0.25, 0.3) is 5.69 Å². The second kappa shape index (κ2) is 8.17. The highest BCUT2D eigenvalue weighted by Gasteiger charge is 2.18. The molecule has 0 saturated carbocycles. The first-order chi connectivity index (χ1) is 14.8. The predicted molar refractivity (Wildman–Crippen MR) is 113 cm³/mol. The van der Waals surface area contributed by atoms with Gasteiger partial charge in [0.1, 0.15) is 0 Å². The summed E-state index contributed by atoms with van der Waals surface area (Å²) in [5.74, 6) is -0.938. The van der Waals surface area contributed by atoms with Gasteiger partial charge in [0.15, 0.2) is 11.4 Å². The third kappa shape index (κ3) is 4.11. The van der Waals surface area contributed by atoms with Gasteiger partial charge in [-0.05, 0) is 60.2 Å². The van der Waals surface area contributed by atoms with Crippen LogP contribution in [0.5, 0.6) is 0 Å². The Morgan fingerprint density at radius 1 is 1.06 bits per heavy atom. The van der Waals surface area contributed by atoms with Crippen LogP contribution in [0.25, 0.3) is 11.1 Å². The zero-order valence-corrected chi connectivity index (χ0v) is 16.7. The van der Waals surface area contributed by atoms with Gasteiger partial charge in [-0.15, -0.1) is 0 Å². The lowest BCUT2D eigenvalue weighted by atomic mass is 10.0. The van der Waals surface area contributed by atoms with E-state index in [0.29, 0.717) is 27.2 Å². The van der Waals surface area contributed by atoms with Crippen LogP contribution in [0.4, 0.5) is 5.69 Å². The van der Waals surface area contributed by atoms with Crippen molar-refractivity contribution in [2.45, 2.75) is 12.6 Å². The number of nitrogens with zero attached hydrogens (tertiary/aromatic N) is 2. The van der Waals surface area contributed by atoms with Gasteiger partial charge in [-0.25, -0.2) is 4.79 Å². The van der Waals surface area contributed by atoms with E-state index in [9.17, 15) is 24.8 Å². The molecule has 1 atom stereocenters. The van der Waals surface area contributed by atoms with Crippen LogP contribution in [-0.2, 0) is 6.54 Å². The molecule has 1 heterocycles. The van der Waals surface area contributed by atoms with E-state index in [1.54, 1.807) is 36.4 Å². The molecular formula is C22H15ClN2O6. The fourth-order valence-electron chi connectivity index (χ4n) is 3.24. The summed E-state index contributed by atoms with van der Waals surface area (Å²) in [5.41, 5.74) is 1.73. The summed E-state index contributed by atoms with van der Waals surface area (Å²) in [4.78, 5) is 35.2. The van der Waals surface area contributed by atoms with Gasteiger partial charge < -0.3 is 9.52 Å². The number of ketones is 1. The van der Waals surface area contributed by atoms with E-state index in [-0.39, 0.29) is 23.6 Å². The number of halogens is 1. The van der Waals surface area contributed by atoms with E-state index in [1.165, 1.54) is 34.9 Å². The Morgan fingerprint density at radius 3 is 2.35 bits per heavy atom. The summed E-state index contributed by atoms with van der Waals surface area (Å²) in [5, 5.41) is 21.8. The number of nitro groups is 1. The SMILES string of the molecule is O=C(c1ccc(Cl)cc1)c1ccc2c(c1)oc(=O)n2CC(O)c1ccc([N+](=O)[O-])cc1. The molecule has 156 valence electrons. The number of non-ortho nitro benzene ring substituents is 1. The minimum Gasteiger partial charge on any atom is -0.408 e. The molecule has 1 aromatic heterocycles. The predicted octanol–water partition coefficient (Wildman–Crippen LogP) is 4.12. The van der Waals surface area contributed by atoms with Gasteiger partial charge in [-0.2, -0.15) is 0 Å². The van der Waals surface area contributed by atoms with E-state index >= 15 is 0 Å². The monoisotopic (exact) mass is 438 g/mol. The summed E-state index contributed by atoms with van der Waals surface area (Å²) in [6, 6.07) is 16.5. The highest BCUT2D eigenvalue weighted by atomic mass is 35.5. The molecule has 3 aromatic carbocycles. The molecule has 8 nitrogen and oxygen atoms in total. The molecule has 0 radical (unpaired) electrons. The normalized spacial score (nSPS) is 12.1. The van der Waals surface area contributed by atoms with Gasteiger partial charge in [0, 0.05) is 28.3 Å². The summed E-state index contributed by atoms with van der Waals surface area (Å²) in [6.07, 6.45) is -1.09. The number of benzene rings is 3. The molecule has 4 rings (SSSR count). The zero-order chi connectivity index (χ0) is 22.1. The first kappa shape index (κ1) is 20.5. The molecule has 0 fully saturated rings. The van der Waals surface area contributed by atoms with Crippen LogP contribution in [0, 0.1) is 10.1 Å². The number of hydrogen-bond donors (Lipinski definition) is 1. The average molecular weight is 439 g/mol. The smallest absolute Gasteiger partial charge is 0.408 e. The second-order valence-electron chi connectivity index (χ2n) is 6.86. The third-order valence-corrected chi connectivity index (χ3v) is 5.13. The highest BCUT2D eigenvalue weighted by molar-refractivity contribution is 6.30. The van der Waals surface area contributed by atoms with Crippen molar-refractivity contribution in [3.63, 3.8) is 0 Å². The first-order valence-electron chi connectivity index (χ1n) is 9.19.